The van der Waals surface area contributed by atoms with Crippen molar-refractivity contribution in [2.24, 2.45) is 0 Å². The van der Waals surface area contributed by atoms with E-state index in [0.29, 0.717) is 6.61 Å². The van der Waals surface area contributed by atoms with Gasteiger partial charge in [-0.2, -0.15) is 0 Å². The Balaban J connectivity index is 1.39. The van der Waals surface area contributed by atoms with Gasteiger partial charge in [-0.05, 0) is 42.0 Å². The van der Waals surface area contributed by atoms with Gasteiger partial charge in [0.05, 0.1) is 30.6 Å². The van der Waals surface area contributed by atoms with Gasteiger partial charge in [-0.25, -0.2) is 0 Å². The van der Waals surface area contributed by atoms with Gasteiger partial charge in [0.25, 0.3) is 0 Å². The van der Waals surface area contributed by atoms with Crippen molar-refractivity contribution in [1.29, 1.82) is 0 Å². The monoisotopic (exact) mass is 412 g/mol. The summed E-state index contributed by atoms with van der Waals surface area (Å²) >= 11 is 0. The van der Waals surface area contributed by atoms with Crippen molar-refractivity contribution in [3.63, 3.8) is 0 Å². The normalized spacial score (nSPS) is 17.0. The second kappa shape index (κ2) is 8.79. The Morgan fingerprint density at radius 1 is 0.968 bits per heavy atom. The fourth-order valence-electron chi connectivity index (χ4n) is 4.10. The van der Waals surface area contributed by atoms with E-state index >= 15 is 0 Å². The average molecular weight is 412 g/mol. The molecule has 6 heteroatoms. The van der Waals surface area contributed by atoms with E-state index in [1.54, 1.807) is 19.5 Å². The van der Waals surface area contributed by atoms with E-state index in [2.05, 4.69) is 44.1 Å². The van der Waals surface area contributed by atoms with Gasteiger partial charge >= 0.3 is 0 Å². The molecule has 1 aliphatic heterocycles. The molecular weight excluding hydrogens is 388 g/mol. The molecule has 0 bridgehead atoms. The highest BCUT2D eigenvalue weighted by Gasteiger charge is 2.26. The third-order valence-electron chi connectivity index (χ3n) is 5.68. The number of hydrogen-bond donors (Lipinski definition) is 0. The minimum atomic E-state index is -0.132. The van der Waals surface area contributed by atoms with Crippen LogP contribution in [0.15, 0.2) is 73.2 Å². The third-order valence-corrected chi connectivity index (χ3v) is 5.68. The molecule has 0 amide bonds. The van der Waals surface area contributed by atoms with Crippen LogP contribution in [0.25, 0.3) is 22.2 Å². The number of nitrogens with zero attached hydrogens (tertiary/aromatic N) is 4. The highest BCUT2D eigenvalue weighted by atomic mass is 16.5. The van der Waals surface area contributed by atoms with E-state index in [1.165, 1.54) is 10.9 Å². The Morgan fingerprint density at radius 3 is 2.68 bits per heavy atom. The lowest BCUT2D eigenvalue weighted by molar-refractivity contribution is -0.0347. The van der Waals surface area contributed by atoms with E-state index in [0.717, 1.165) is 47.9 Å². The fraction of sp³-hybridized carbons (Fsp3) is 0.240. The molecule has 0 spiro atoms. The minimum absolute atomic E-state index is 0.132. The summed E-state index contributed by atoms with van der Waals surface area (Å²) in [6.45, 7) is 3.15. The first-order valence-corrected chi connectivity index (χ1v) is 10.4. The van der Waals surface area contributed by atoms with Gasteiger partial charge < -0.3 is 9.47 Å². The SMILES string of the molecule is COc1ccc(-c2nccnc2[C@@H]2CN(Cc3ccnc4ccccc34)CCO2)cc1. The maximum absolute atomic E-state index is 6.15. The molecule has 156 valence electrons. The minimum Gasteiger partial charge on any atom is -0.497 e. The first-order chi connectivity index (χ1) is 15.3. The van der Waals surface area contributed by atoms with Crippen LogP contribution in [-0.4, -0.2) is 46.7 Å². The molecule has 0 aliphatic carbocycles. The van der Waals surface area contributed by atoms with Crippen molar-refractivity contribution in [2.45, 2.75) is 12.6 Å². The Labute approximate surface area is 181 Å². The standard InChI is InChI=1S/C25H24N4O2/c1-30-20-8-6-18(7-9-20)24-25(28-13-12-27-24)23-17-29(14-15-31-23)16-19-10-11-26-22-5-3-2-4-21(19)22/h2-13,23H,14-17H2,1H3/t23-/m0/s1. The second-order valence-electron chi connectivity index (χ2n) is 7.60. The topological polar surface area (TPSA) is 60.4 Å². The van der Waals surface area contributed by atoms with Crippen LogP contribution in [0.1, 0.15) is 17.4 Å². The molecule has 31 heavy (non-hydrogen) atoms. The Hall–Kier alpha value is -3.35. The van der Waals surface area contributed by atoms with Crippen molar-refractivity contribution in [1.82, 2.24) is 19.9 Å². The molecule has 1 saturated heterocycles. The number of pyridine rings is 1. The summed E-state index contributed by atoms with van der Waals surface area (Å²) in [7, 11) is 1.67. The third kappa shape index (κ3) is 4.13. The Bertz CT molecular complexity index is 1170. The van der Waals surface area contributed by atoms with Gasteiger partial charge in [0.2, 0.25) is 0 Å². The van der Waals surface area contributed by atoms with E-state index in [4.69, 9.17) is 9.47 Å². The second-order valence-corrected chi connectivity index (χ2v) is 7.60. The number of hydrogen-bond acceptors (Lipinski definition) is 6. The van der Waals surface area contributed by atoms with Crippen LogP contribution < -0.4 is 4.74 Å². The molecule has 1 aliphatic rings. The van der Waals surface area contributed by atoms with Crippen LogP contribution in [0.5, 0.6) is 5.75 Å². The van der Waals surface area contributed by atoms with E-state index in [9.17, 15) is 0 Å². The zero-order valence-electron chi connectivity index (χ0n) is 17.4. The number of fused-ring (bicyclic) bond motifs is 1. The lowest BCUT2D eigenvalue weighted by Crippen LogP contribution is -2.38. The Kier molecular flexibility index (Phi) is 5.56. The van der Waals surface area contributed by atoms with Crippen LogP contribution in [-0.2, 0) is 11.3 Å². The maximum atomic E-state index is 6.15. The molecule has 1 atom stereocenters. The molecule has 3 heterocycles. The Morgan fingerprint density at radius 2 is 1.81 bits per heavy atom. The van der Waals surface area contributed by atoms with Crippen molar-refractivity contribution < 1.29 is 9.47 Å². The molecule has 5 rings (SSSR count). The van der Waals surface area contributed by atoms with Gasteiger partial charge in [-0.3, -0.25) is 19.9 Å². The van der Waals surface area contributed by atoms with Gasteiger partial charge in [-0.15, -0.1) is 0 Å². The van der Waals surface area contributed by atoms with E-state index < -0.39 is 0 Å². The smallest absolute Gasteiger partial charge is 0.118 e. The largest absolute Gasteiger partial charge is 0.497 e. The van der Waals surface area contributed by atoms with Crippen LogP contribution in [0.3, 0.4) is 0 Å². The number of morpholine rings is 1. The molecule has 0 N–H and O–H groups in total. The molecule has 2 aromatic carbocycles. The summed E-state index contributed by atoms with van der Waals surface area (Å²) in [5, 5.41) is 1.20. The molecule has 0 unspecified atom stereocenters. The van der Waals surface area contributed by atoms with Crippen LogP contribution >= 0.6 is 0 Å². The number of ether oxygens (including phenoxy) is 2. The lowest BCUT2D eigenvalue weighted by atomic mass is 10.0. The molecule has 0 saturated carbocycles. The zero-order chi connectivity index (χ0) is 21.0. The average Bonchev–Trinajstić information content (AvgIpc) is 2.84. The zero-order valence-corrected chi connectivity index (χ0v) is 17.4. The number of aromatic nitrogens is 3. The highest BCUT2D eigenvalue weighted by molar-refractivity contribution is 5.81. The first kappa shape index (κ1) is 19.6. The molecule has 2 aromatic heterocycles. The highest BCUT2D eigenvalue weighted by Crippen LogP contribution is 2.30. The molecule has 4 aromatic rings. The predicted octanol–water partition coefficient (Wildman–Crippen LogP) is 4.27. The van der Waals surface area contributed by atoms with Crippen LogP contribution in [0, 0.1) is 0 Å². The van der Waals surface area contributed by atoms with Crippen molar-refractivity contribution in [2.75, 3.05) is 26.8 Å². The summed E-state index contributed by atoms with van der Waals surface area (Å²) in [5.74, 6) is 0.818. The summed E-state index contributed by atoms with van der Waals surface area (Å²) < 4.78 is 11.4. The van der Waals surface area contributed by atoms with Gasteiger partial charge in [-0.1, -0.05) is 18.2 Å². The number of rotatable bonds is 5. The fourth-order valence-corrected chi connectivity index (χ4v) is 4.10. The van der Waals surface area contributed by atoms with Crippen LogP contribution in [0.2, 0.25) is 0 Å². The van der Waals surface area contributed by atoms with Crippen molar-refractivity contribution >= 4 is 10.9 Å². The summed E-state index contributed by atoms with van der Waals surface area (Å²) in [6, 6.07) is 18.3. The predicted molar refractivity (Wildman–Crippen MR) is 120 cm³/mol. The molecule has 1 fully saturated rings. The number of methoxy groups -OCH3 is 1. The maximum Gasteiger partial charge on any atom is 0.118 e. The lowest BCUT2D eigenvalue weighted by Gasteiger charge is -2.33. The van der Waals surface area contributed by atoms with Gasteiger partial charge in [0, 0.05) is 49.2 Å². The summed E-state index contributed by atoms with van der Waals surface area (Å²) in [4.78, 5) is 16.2. The van der Waals surface area contributed by atoms with E-state index in [-0.39, 0.29) is 6.10 Å². The van der Waals surface area contributed by atoms with Crippen molar-refractivity contribution in [3.8, 4) is 17.0 Å². The van der Waals surface area contributed by atoms with Crippen LogP contribution in [0.4, 0.5) is 0 Å². The van der Waals surface area contributed by atoms with Gasteiger partial charge in [0.1, 0.15) is 11.9 Å². The van der Waals surface area contributed by atoms with Gasteiger partial charge in [0.15, 0.2) is 0 Å². The van der Waals surface area contributed by atoms with Crippen molar-refractivity contribution in [3.05, 3.63) is 84.4 Å². The number of benzene rings is 2. The molecule has 0 radical (unpaired) electrons. The summed E-state index contributed by atoms with van der Waals surface area (Å²) in [6.07, 6.45) is 5.22. The quantitative estimate of drug-likeness (QED) is 0.488. The summed E-state index contributed by atoms with van der Waals surface area (Å²) in [5.41, 5.74) is 5.04. The molecular formula is C25H24N4O2. The first-order valence-electron chi connectivity index (χ1n) is 10.4. The number of para-hydroxylation sites is 1. The van der Waals surface area contributed by atoms with E-state index in [1.807, 2.05) is 36.5 Å². The molecule has 6 nitrogen and oxygen atoms in total.